The van der Waals surface area contributed by atoms with Crippen molar-refractivity contribution >= 4 is 5.78 Å². The summed E-state index contributed by atoms with van der Waals surface area (Å²) in [6.45, 7) is 2.10. The summed E-state index contributed by atoms with van der Waals surface area (Å²) in [5.74, 6) is 0.609. The summed E-state index contributed by atoms with van der Waals surface area (Å²) in [6.07, 6.45) is 2.69. The van der Waals surface area contributed by atoms with Gasteiger partial charge in [0.25, 0.3) is 0 Å². The van der Waals surface area contributed by atoms with E-state index in [0.717, 1.165) is 12.8 Å². The van der Waals surface area contributed by atoms with Gasteiger partial charge in [0.2, 0.25) is 0 Å². The molecule has 1 fully saturated rings. The molecule has 0 aromatic rings. The molecule has 2 heteroatoms. The predicted molar refractivity (Wildman–Crippen MR) is 38.6 cm³/mol. The van der Waals surface area contributed by atoms with E-state index in [1.165, 1.54) is 0 Å². The minimum absolute atomic E-state index is 0.0321. The molecular weight excluding hydrogens is 128 g/mol. The van der Waals surface area contributed by atoms with Crippen molar-refractivity contribution in [2.45, 2.75) is 38.7 Å². The predicted octanol–water partition coefficient (Wildman–Crippen LogP) is 1.13. The SMILES string of the molecule is CCC1CCC(=O)[C@@H](O)C1. The zero-order valence-electron chi connectivity index (χ0n) is 6.34. The number of Topliss-reactive ketones (excluding diaryl/α,β-unsaturated/α-hetero) is 1. The van der Waals surface area contributed by atoms with Crippen LogP contribution >= 0.6 is 0 Å². The summed E-state index contributed by atoms with van der Waals surface area (Å²) >= 11 is 0. The molecule has 0 heterocycles. The number of aliphatic hydroxyl groups is 1. The molecule has 0 bridgehead atoms. The molecular formula is C8H14O2. The lowest BCUT2D eigenvalue weighted by atomic mass is 9.85. The van der Waals surface area contributed by atoms with Crippen LogP contribution in [0.5, 0.6) is 0 Å². The number of aliphatic hydroxyl groups excluding tert-OH is 1. The summed E-state index contributed by atoms with van der Waals surface area (Å²) in [4.78, 5) is 10.8. The van der Waals surface area contributed by atoms with E-state index in [0.29, 0.717) is 18.8 Å². The van der Waals surface area contributed by atoms with Crippen molar-refractivity contribution in [3.8, 4) is 0 Å². The standard InChI is InChI=1S/C8H14O2/c1-2-6-3-4-7(9)8(10)5-6/h6,8,10H,2-5H2,1H3/t6?,8-/m0/s1. The molecule has 0 aromatic heterocycles. The molecule has 2 nitrogen and oxygen atoms in total. The first-order valence-corrected chi connectivity index (χ1v) is 3.94. The van der Waals surface area contributed by atoms with Crippen LogP contribution in [-0.4, -0.2) is 17.0 Å². The molecule has 10 heavy (non-hydrogen) atoms. The van der Waals surface area contributed by atoms with Gasteiger partial charge in [0.05, 0.1) is 0 Å². The van der Waals surface area contributed by atoms with E-state index < -0.39 is 6.10 Å². The smallest absolute Gasteiger partial charge is 0.161 e. The van der Waals surface area contributed by atoms with Gasteiger partial charge in [-0.25, -0.2) is 0 Å². The van der Waals surface area contributed by atoms with Crippen molar-refractivity contribution in [1.82, 2.24) is 0 Å². The van der Waals surface area contributed by atoms with Gasteiger partial charge in [-0.2, -0.15) is 0 Å². The molecule has 1 rings (SSSR count). The fourth-order valence-electron chi connectivity index (χ4n) is 1.45. The maximum Gasteiger partial charge on any atom is 0.161 e. The summed E-state index contributed by atoms with van der Waals surface area (Å²) < 4.78 is 0. The number of rotatable bonds is 1. The van der Waals surface area contributed by atoms with E-state index in [-0.39, 0.29) is 5.78 Å². The Morgan fingerprint density at radius 2 is 2.40 bits per heavy atom. The van der Waals surface area contributed by atoms with Gasteiger partial charge in [0.1, 0.15) is 6.10 Å². The van der Waals surface area contributed by atoms with E-state index in [9.17, 15) is 4.79 Å². The number of carbonyl (C=O) groups excluding carboxylic acids is 1. The van der Waals surface area contributed by atoms with Crippen LogP contribution in [0.1, 0.15) is 32.6 Å². The lowest BCUT2D eigenvalue weighted by Crippen LogP contribution is -2.28. The van der Waals surface area contributed by atoms with E-state index in [1.807, 2.05) is 0 Å². The van der Waals surface area contributed by atoms with Crippen molar-refractivity contribution in [2.24, 2.45) is 5.92 Å². The third kappa shape index (κ3) is 1.57. The Labute approximate surface area is 61.2 Å². The van der Waals surface area contributed by atoms with Crippen LogP contribution in [-0.2, 0) is 4.79 Å². The Hall–Kier alpha value is -0.370. The van der Waals surface area contributed by atoms with E-state index in [1.54, 1.807) is 0 Å². The normalized spacial score (nSPS) is 34.4. The van der Waals surface area contributed by atoms with Crippen LogP contribution in [0.3, 0.4) is 0 Å². The maximum absolute atomic E-state index is 10.8. The summed E-state index contributed by atoms with van der Waals surface area (Å²) in [5.41, 5.74) is 0. The molecule has 1 unspecified atom stereocenters. The average molecular weight is 142 g/mol. The Morgan fingerprint density at radius 1 is 1.70 bits per heavy atom. The molecule has 1 saturated carbocycles. The van der Waals surface area contributed by atoms with Gasteiger partial charge >= 0.3 is 0 Å². The number of hydrogen-bond donors (Lipinski definition) is 1. The zero-order valence-corrected chi connectivity index (χ0v) is 6.34. The third-order valence-corrected chi connectivity index (χ3v) is 2.30. The van der Waals surface area contributed by atoms with Crippen LogP contribution in [0.15, 0.2) is 0 Å². The third-order valence-electron chi connectivity index (χ3n) is 2.30. The zero-order chi connectivity index (χ0) is 7.56. The Balaban J connectivity index is 2.40. The molecule has 1 N–H and O–H groups in total. The highest BCUT2D eigenvalue weighted by Gasteiger charge is 2.25. The average Bonchev–Trinajstić information content (AvgIpc) is 1.95. The molecule has 0 saturated heterocycles. The minimum Gasteiger partial charge on any atom is -0.385 e. The maximum atomic E-state index is 10.8. The number of hydrogen-bond acceptors (Lipinski definition) is 2. The van der Waals surface area contributed by atoms with Gasteiger partial charge in [-0.3, -0.25) is 4.79 Å². The van der Waals surface area contributed by atoms with Crippen LogP contribution in [0.25, 0.3) is 0 Å². The van der Waals surface area contributed by atoms with Crippen molar-refractivity contribution in [3.05, 3.63) is 0 Å². The molecule has 0 aromatic carbocycles. The topological polar surface area (TPSA) is 37.3 Å². The van der Waals surface area contributed by atoms with Crippen LogP contribution in [0, 0.1) is 5.92 Å². The van der Waals surface area contributed by atoms with Crippen molar-refractivity contribution in [1.29, 1.82) is 0 Å². The monoisotopic (exact) mass is 142 g/mol. The molecule has 58 valence electrons. The minimum atomic E-state index is -0.654. The van der Waals surface area contributed by atoms with Gasteiger partial charge < -0.3 is 5.11 Å². The van der Waals surface area contributed by atoms with E-state index in [4.69, 9.17) is 5.11 Å². The summed E-state index contributed by atoms with van der Waals surface area (Å²) in [7, 11) is 0. The fraction of sp³-hybridized carbons (Fsp3) is 0.875. The number of carbonyl (C=O) groups is 1. The highest BCUT2D eigenvalue weighted by molar-refractivity contribution is 5.83. The van der Waals surface area contributed by atoms with Gasteiger partial charge in [-0.05, 0) is 18.8 Å². The Kier molecular flexibility index (Phi) is 2.44. The molecule has 0 radical (unpaired) electrons. The van der Waals surface area contributed by atoms with E-state index >= 15 is 0 Å². The fourth-order valence-corrected chi connectivity index (χ4v) is 1.45. The summed E-state index contributed by atoms with van der Waals surface area (Å²) in [6, 6.07) is 0. The number of ketones is 1. The highest BCUT2D eigenvalue weighted by atomic mass is 16.3. The van der Waals surface area contributed by atoms with E-state index in [2.05, 4.69) is 6.92 Å². The molecule has 1 aliphatic rings. The first-order chi connectivity index (χ1) is 4.74. The van der Waals surface area contributed by atoms with Gasteiger partial charge in [0, 0.05) is 6.42 Å². The van der Waals surface area contributed by atoms with Crippen molar-refractivity contribution in [3.63, 3.8) is 0 Å². The van der Waals surface area contributed by atoms with Crippen molar-refractivity contribution < 1.29 is 9.90 Å². The lowest BCUT2D eigenvalue weighted by Gasteiger charge is -2.23. The Morgan fingerprint density at radius 3 is 2.90 bits per heavy atom. The van der Waals surface area contributed by atoms with Gasteiger partial charge in [0.15, 0.2) is 5.78 Å². The molecule has 0 spiro atoms. The molecule has 0 aliphatic heterocycles. The Bertz CT molecular complexity index is 131. The first kappa shape index (κ1) is 7.73. The van der Waals surface area contributed by atoms with Gasteiger partial charge in [-0.1, -0.05) is 13.3 Å². The second kappa shape index (κ2) is 3.15. The molecule has 0 amide bonds. The first-order valence-electron chi connectivity index (χ1n) is 3.94. The molecule has 2 atom stereocenters. The highest BCUT2D eigenvalue weighted by Crippen LogP contribution is 2.23. The van der Waals surface area contributed by atoms with Crippen LogP contribution in [0.4, 0.5) is 0 Å². The van der Waals surface area contributed by atoms with Crippen molar-refractivity contribution in [2.75, 3.05) is 0 Å². The van der Waals surface area contributed by atoms with Crippen LogP contribution in [0.2, 0.25) is 0 Å². The second-order valence-electron chi connectivity index (χ2n) is 3.03. The summed E-state index contributed by atoms with van der Waals surface area (Å²) in [5, 5.41) is 9.13. The largest absolute Gasteiger partial charge is 0.385 e. The second-order valence-corrected chi connectivity index (χ2v) is 3.03. The van der Waals surface area contributed by atoms with Crippen LogP contribution < -0.4 is 0 Å². The quantitative estimate of drug-likeness (QED) is 0.595. The lowest BCUT2D eigenvalue weighted by molar-refractivity contribution is -0.130. The molecule has 1 aliphatic carbocycles. The van der Waals surface area contributed by atoms with Gasteiger partial charge in [-0.15, -0.1) is 0 Å².